The number of benzene rings is 1. The molecule has 0 fully saturated rings. The van der Waals surface area contributed by atoms with Gasteiger partial charge in [-0.1, -0.05) is 26.0 Å². The molecule has 0 aliphatic carbocycles. The van der Waals surface area contributed by atoms with Gasteiger partial charge in [0.05, 0.1) is 24.0 Å². The van der Waals surface area contributed by atoms with Crippen molar-refractivity contribution in [1.82, 2.24) is 5.32 Å². The SMILES string of the molecule is CC(C)[C@@H](CO)NC(=O)Cc1cccc([N+](=O)[O-])c1. The highest BCUT2D eigenvalue weighted by Crippen LogP contribution is 2.13. The van der Waals surface area contributed by atoms with E-state index in [2.05, 4.69) is 5.32 Å². The molecule has 1 amide bonds. The monoisotopic (exact) mass is 266 g/mol. The quantitative estimate of drug-likeness (QED) is 0.599. The number of rotatable bonds is 6. The Labute approximate surface area is 111 Å². The standard InChI is InChI=1S/C13H18N2O4/c1-9(2)12(8-16)14-13(17)7-10-4-3-5-11(6-10)15(18)19/h3-6,9,12,16H,7-8H2,1-2H3,(H,14,17)/t12-/m1/s1. The molecule has 2 N–H and O–H groups in total. The van der Waals surface area contributed by atoms with Crippen molar-refractivity contribution in [3.05, 3.63) is 39.9 Å². The number of nitro benzene ring substituents is 1. The zero-order chi connectivity index (χ0) is 14.4. The molecular formula is C13H18N2O4. The first-order chi connectivity index (χ1) is 8.93. The maximum absolute atomic E-state index is 11.8. The van der Waals surface area contributed by atoms with Crippen molar-refractivity contribution in [2.45, 2.75) is 26.3 Å². The molecule has 0 aliphatic heterocycles. The lowest BCUT2D eigenvalue weighted by Gasteiger charge is -2.19. The Kier molecular flexibility index (Phi) is 5.44. The van der Waals surface area contributed by atoms with E-state index in [-0.39, 0.29) is 36.6 Å². The van der Waals surface area contributed by atoms with Crippen LogP contribution < -0.4 is 5.32 Å². The van der Waals surface area contributed by atoms with Gasteiger partial charge in [0, 0.05) is 12.1 Å². The Morgan fingerprint density at radius 2 is 2.16 bits per heavy atom. The normalized spacial score (nSPS) is 12.2. The van der Waals surface area contributed by atoms with Crippen molar-refractivity contribution in [2.75, 3.05) is 6.61 Å². The van der Waals surface area contributed by atoms with Crippen molar-refractivity contribution in [3.63, 3.8) is 0 Å². The Morgan fingerprint density at radius 1 is 1.47 bits per heavy atom. The first-order valence-electron chi connectivity index (χ1n) is 6.07. The van der Waals surface area contributed by atoms with Crippen molar-refractivity contribution >= 4 is 11.6 Å². The molecule has 1 aromatic carbocycles. The smallest absolute Gasteiger partial charge is 0.269 e. The molecule has 0 saturated carbocycles. The van der Waals surface area contributed by atoms with E-state index in [1.165, 1.54) is 12.1 Å². The lowest BCUT2D eigenvalue weighted by atomic mass is 10.0. The van der Waals surface area contributed by atoms with Gasteiger partial charge in [-0.05, 0) is 11.5 Å². The molecule has 1 atom stereocenters. The van der Waals surface area contributed by atoms with E-state index in [1.54, 1.807) is 12.1 Å². The van der Waals surface area contributed by atoms with Gasteiger partial charge in [-0.2, -0.15) is 0 Å². The molecule has 0 aromatic heterocycles. The van der Waals surface area contributed by atoms with Gasteiger partial charge in [0.15, 0.2) is 0 Å². The first-order valence-corrected chi connectivity index (χ1v) is 6.07. The lowest BCUT2D eigenvalue weighted by molar-refractivity contribution is -0.384. The summed E-state index contributed by atoms with van der Waals surface area (Å²) < 4.78 is 0. The number of nitrogens with zero attached hydrogens (tertiary/aromatic N) is 1. The minimum Gasteiger partial charge on any atom is -0.394 e. The molecule has 6 heteroatoms. The van der Waals surface area contributed by atoms with Crippen LogP contribution in [0.5, 0.6) is 0 Å². The van der Waals surface area contributed by atoms with Crippen LogP contribution in [0.15, 0.2) is 24.3 Å². The van der Waals surface area contributed by atoms with Crippen LogP contribution in [0, 0.1) is 16.0 Å². The summed E-state index contributed by atoms with van der Waals surface area (Å²) in [5, 5.41) is 22.5. The minimum atomic E-state index is -0.494. The average molecular weight is 266 g/mol. The highest BCUT2D eigenvalue weighted by atomic mass is 16.6. The van der Waals surface area contributed by atoms with Gasteiger partial charge >= 0.3 is 0 Å². The number of nitro groups is 1. The second-order valence-electron chi connectivity index (χ2n) is 4.70. The Morgan fingerprint density at radius 3 is 2.68 bits per heavy atom. The van der Waals surface area contributed by atoms with Gasteiger partial charge in [-0.15, -0.1) is 0 Å². The molecule has 0 spiro atoms. The lowest BCUT2D eigenvalue weighted by Crippen LogP contribution is -2.41. The summed E-state index contributed by atoms with van der Waals surface area (Å²) >= 11 is 0. The fourth-order valence-corrected chi connectivity index (χ4v) is 1.65. The van der Waals surface area contributed by atoms with E-state index >= 15 is 0 Å². The molecule has 19 heavy (non-hydrogen) atoms. The van der Waals surface area contributed by atoms with Crippen molar-refractivity contribution in [1.29, 1.82) is 0 Å². The highest BCUT2D eigenvalue weighted by molar-refractivity contribution is 5.79. The number of non-ortho nitro benzene ring substituents is 1. The Hall–Kier alpha value is -1.95. The molecule has 0 aliphatic rings. The molecular weight excluding hydrogens is 248 g/mol. The zero-order valence-electron chi connectivity index (χ0n) is 11.0. The number of aliphatic hydroxyl groups is 1. The van der Waals surface area contributed by atoms with E-state index in [0.29, 0.717) is 5.56 Å². The molecule has 0 radical (unpaired) electrons. The third kappa shape index (κ3) is 4.67. The number of amides is 1. The third-order valence-electron chi connectivity index (χ3n) is 2.83. The number of nitrogens with one attached hydrogen (secondary N) is 1. The minimum absolute atomic E-state index is 0.0344. The topological polar surface area (TPSA) is 92.5 Å². The van der Waals surface area contributed by atoms with Crippen LogP contribution in [0.4, 0.5) is 5.69 Å². The molecule has 1 rings (SSSR count). The zero-order valence-corrected chi connectivity index (χ0v) is 11.0. The molecule has 6 nitrogen and oxygen atoms in total. The molecule has 1 aromatic rings. The van der Waals surface area contributed by atoms with Crippen molar-refractivity contribution in [2.24, 2.45) is 5.92 Å². The number of aliphatic hydroxyl groups excluding tert-OH is 1. The van der Waals surface area contributed by atoms with Crippen LogP contribution in [0.1, 0.15) is 19.4 Å². The molecule has 0 heterocycles. The van der Waals surface area contributed by atoms with Gasteiger partial charge in [-0.3, -0.25) is 14.9 Å². The summed E-state index contributed by atoms with van der Waals surface area (Å²) in [5.41, 5.74) is 0.542. The molecule has 0 bridgehead atoms. The molecule has 0 saturated heterocycles. The van der Waals surface area contributed by atoms with E-state index < -0.39 is 4.92 Å². The Balaban J connectivity index is 2.66. The third-order valence-corrected chi connectivity index (χ3v) is 2.83. The molecule has 0 unspecified atom stereocenters. The van der Waals surface area contributed by atoms with Crippen LogP contribution in [-0.2, 0) is 11.2 Å². The number of carbonyl (C=O) groups excluding carboxylic acids is 1. The van der Waals surface area contributed by atoms with Gasteiger partial charge in [0.25, 0.3) is 5.69 Å². The van der Waals surface area contributed by atoms with Crippen LogP contribution in [0.3, 0.4) is 0 Å². The Bertz CT molecular complexity index is 460. The van der Waals surface area contributed by atoms with Gasteiger partial charge in [-0.25, -0.2) is 0 Å². The second kappa shape index (κ2) is 6.84. The van der Waals surface area contributed by atoms with E-state index in [9.17, 15) is 14.9 Å². The van der Waals surface area contributed by atoms with Gasteiger partial charge < -0.3 is 10.4 Å². The average Bonchev–Trinajstić information content (AvgIpc) is 2.35. The molecule has 104 valence electrons. The van der Waals surface area contributed by atoms with E-state index in [4.69, 9.17) is 5.11 Å². The van der Waals surface area contributed by atoms with Gasteiger partial charge in [0.1, 0.15) is 0 Å². The number of hydrogen-bond donors (Lipinski definition) is 2. The van der Waals surface area contributed by atoms with Crippen LogP contribution in [-0.4, -0.2) is 28.6 Å². The van der Waals surface area contributed by atoms with E-state index in [1.807, 2.05) is 13.8 Å². The number of carbonyl (C=O) groups is 1. The largest absolute Gasteiger partial charge is 0.394 e. The first kappa shape index (κ1) is 15.1. The summed E-state index contributed by atoms with van der Waals surface area (Å²) in [6, 6.07) is 5.67. The second-order valence-corrected chi connectivity index (χ2v) is 4.70. The maximum atomic E-state index is 11.8. The van der Waals surface area contributed by atoms with Crippen molar-refractivity contribution < 1.29 is 14.8 Å². The summed E-state index contributed by atoms with van der Waals surface area (Å²) in [7, 11) is 0. The summed E-state index contributed by atoms with van der Waals surface area (Å²) in [5.74, 6) is -0.132. The fourth-order valence-electron chi connectivity index (χ4n) is 1.65. The summed E-state index contributed by atoms with van der Waals surface area (Å²) in [6.07, 6.45) is 0.0604. The van der Waals surface area contributed by atoms with Crippen LogP contribution in [0.25, 0.3) is 0 Å². The predicted octanol–water partition coefficient (Wildman–Crippen LogP) is 1.27. The van der Waals surface area contributed by atoms with Gasteiger partial charge in [0.2, 0.25) is 5.91 Å². The highest BCUT2D eigenvalue weighted by Gasteiger charge is 2.16. The summed E-state index contributed by atoms with van der Waals surface area (Å²) in [4.78, 5) is 21.9. The number of hydrogen-bond acceptors (Lipinski definition) is 4. The summed E-state index contributed by atoms with van der Waals surface area (Å²) in [6.45, 7) is 3.67. The van der Waals surface area contributed by atoms with E-state index in [0.717, 1.165) is 0 Å². The predicted molar refractivity (Wildman–Crippen MR) is 70.7 cm³/mol. The van der Waals surface area contributed by atoms with Crippen LogP contribution in [0.2, 0.25) is 0 Å². The van der Waals surface area contributed by atoms with Crippen LogP contribution >= 0.6 is 0 Å². The maximum Gasteiger partial charge on any atom is 0.269 e. The fraction of sp³-hybridized carbons (Fsp3) is 0.462. The van der Waals surface area contributed by atoms with Crippen molar-refractivity contribution in [3.8, 4) is 0 Å².